The first-order valence-electron chi connectivity index (χ1n) is 25.7. The number of hydrogen-bond donors (Lipinski definition) is 0. The van der Waals surface area contributed by atoms with Gasteiger partial charge in [-0.3, -0.25) is 43.2 Å². The van der Waals surface area contributed by atoms with Gasteiger partial charge in [0, 0.05) is 5.41 Å². The molecule has 0 bridgehead atoms. The lowest BCUT2D eigenvalue weighted by atomic mass is 9.71. The van der Waals surface area contributed by atoms with Crippen molar-refractivity contribution in [3.05, 3.63) is 89.5 Å². The van der Waals surface area contributed by atoms with Gasteiger partial charge in [0.15, 0.2) is 0 Å². The second-order valence-corrected chi connectivity index (χ2v) is 35.7. The van der Waals surface area contributed by atoms with Crippen LogP contribution < -0.4 is 14.2 Å². The van der Waals surface area contributed by atoms with Crippen molar-refractivity contribution in [1.29, 1.82) is 0 Å². The van der Waals surface area contributed by atoms with E-state index in [1.807, 2.05) is 6.92 Å². The quantitative estimate of drug-likeness (QED) is 0.0227. The van der Waals surface area contributed by atoms with Gasteiger partial charge < -0.3 is 42.6 Å². The molecule has 0 radical (unpaired) electrons. The lowest BCUT2D eigenvalue weighted by molar-refractivity contribution is -0.167. The molecule has 0 N–H and O–H groups in total. The molecule has 458 valence electrons. The van der Waals surface area contributed by atoms with Crippen LogP contribution in [0.1, 0.15) is 127 Å². The van der Waals surface area contributed by atoms with Crippen molar-refractivity contribution in [2.75, 3.05) is 39.6 Å². The van der Waals surface area contributed by atoms with E-state index in [0.29, 0.717) is 16.7 Å². The zero-order valence-corrected chi connectivity index (χ0v) is 58.8. The summed E-state index contributed by atoms with van der Waals surface area (Å²) in [5.41, 5.74) is -4.26. The Morgan fingerprint density at radius 3 is 0.542 bits per heavy atom. The van der Waals surface area contributed by atoms with E-state index >= 15 is 0 Å². The third kappa shape index (κ3) is 21.0. The molecule has 3 aromatic rings. The number of carbonyl (C=O) groups is 9. The molecular formula is C59H72Br6O18. The first kappa shape index (κ1) is 73.0. The molecule has 3 aromatic carbocycles. The largest absolute Gasteiger partial charge is 0.463 e. The number of carbonyl (C=O) groups excluding carboxylic acids is 9. The molecule has 0 atom stereocenters. The fourth-order valence-corrected chi connectivity index (χ4v) is 7.30. The Balaban J connectivity index is 2.16. The third-order valence-corrected chi connectivity index (χ3v) is 14.4. The summed E-state index contributed by atoms with van der Waals surface area (Å²) in [6.07, 6.45) is 0. The monoisotopic (exact) mass is 1540 g/mol. The molecule has 0 aromatic heterocycles. The molecule has 0 aliphatic rings. The zero-order chi connectivity index (χ0) is 63.8. The molecule has 0 saturated carbocycles. The molecule has 3 rings (SSSR count). The maximum Gasteiger partial charge on any atom is 0.324 e. The highest BCUT2D eigenvalue weighted by Gasteiger charge is 2.45. The molecule has 0 amide bonds. The Kier molecular flexibility index (Phi) is 24.7. The average molecular weight is 1550 g/mol. The Morgan fingerprint density at radius 1 is 0.265 bits per heavy atom. The highest BCUT2D eigenvalue weighted by atomic mass is 79.9. The molecule has 24 heteroatoms. The zero-order valence-electron chi connectivity index (χ0n) is 49.3. The highest BCUT2D eigenvalue weighted by Crippen LogP contribution is 2.42. The fraction of sp³-hybridized carbons (Fsp3) is 0.542. The lowest BCUT2D eigenvalue weighted by Crippen LogP contribution is -2.44. The fourth-order valence-electron chi connectivity index (χ4n) is 6.62. The van der Waals surface area contributed by atoms with E-state index in [4.69, 9.17) is 42.6 Å². The van der Waals surface area contributed by atoms with Crippen molar-refractivity contribution < 1.29 is 85.8 Å². The van der Waals surface area contributed by atoms with E-state index < -0.39 is 141 Å². The van der Waals surface area contributed by atoms with Crippen molar-refractivity contribution in [2.45, 2.75) is 142 Å². The molecule has 18 nitrogen and oxygen atoms in total. The van der Waals surface area contributed by atoms with Gasteiger partial charge in [0.1, 0.15) is 99.1 Å². The number of benzene rings is 3. The van der Waals surface area contributed by atoms with Crippen molar-refractivity contribution in [3.8, 4) is 17.2 Å². The number of halogens is 6. The van der Waals surface area contributed by atoms with Gasteiger partial charge in [0.2, 0.25) is 0 Å². The van der Waals surface area contributed by atoms with Crippen molar-refractivity contribution in [2.24, 2.45) is 16.2 Å². The van der Waals surface area contributed by atoms with E-state index in [2.05, 4.69) is 95.6 Å². The van der Waals surface area contributed by atoms with E-state index in [1.165, 1.54) is 20.8 Å². The molecule has 0 aliphatic heterocycles. The normalized spacial score (nSPS) is 12.9. The van der Waals surface area contributed by atoms with Crippen LogP contribution in [0.5, 0.6) is 17.2 Å². The van der Waals surface area contributed by atoms with Crippen molar-refractivity contribution >= 4 is 149 Å². The summed E-state index contributed by atoms with van der Waals surface area (Å²) in [5.74, 6) is -6.44. The highest BCUT2D eigenvalue weighted by molar-refractivity contribution is 9.11. The Labute approximate surface area is 535 Å². The summed E-state index contributed by atoms with van der Waals surface area (Å²) < 4.78 is 44.1. The van der Waals surface area contributed by atoms with Gasteiger partial charge in [0.05, 0.1) is 0 Å². The van der Waals surface area contributed by atoms with Gasteiger partial charge in [-0.25, -0.2) is 0 Å². The Bertz CT molecular complexity index is 2450. The third-order valence-electron chi connectivity index (χ3n) is 12.4. The molecule has 0 saturated heterocycles. The van der Waals surface area contributed by atoms with Crippen LogP contribution in [0.4, 0.5) is 0 Å². The second-order valence-electron chi connectivity index (χ2n) is 23.8. The Hall–Kier alpha value is -4.23. The van der Waals surface area contributed by atoms with Crippen LogP contribution in [0, 0.1) is 16.2 Å². The van der Waals surface area contributed by atoms with E-state index in [-0.39, 0.29) is 17.2 Å². The first-order chi connectivity index (χ1) is 37.6. The molecule has 83 heavy (non-hydrogen) atoms. The Morgan fingerprint density at radius 2 is 0.410 bits per heavy atom. The SMILES string of the molecule is CC(C)(Br)C(=O)OCC(C)(COC(=O)C(C)(C)Br)C(=O)Oc1ccc(C(C)(c2ccc(OC(=O)C(C)(COC(=O)C(C)(C)Br)COC(=O)C(C)(C)Br)cc2)c2ccc(OC(=O)C(C)(COC(=O)C(C)(C)Br)COC(=O)C(C)(C)Br)cc2)cc1. The lowest BCUT2D eigenvalue weighted by Gasteiger charge is -2.33. The molecule has 0 spiro atoms. The number of rotatable bonds is 27. The van der Waals surface area contributed by atoms with Gasteiger partial charge in [-0.1, -0.05) is 132 Å². The number of ether oxygens (including phenoxy) is 9. The van der Waals surface area contributed by atoms with Gasteiger partial charge >= 0.3 is 53.7 Å². The van der Waals surface area contributed by atoms with Crippen molar-refractivity contribution in [1.82, 2.24) is 0 Å². The molecule has 0 aliphatic carbocycles. The molecular weight excluding hydrogens is 1480 g/mol. The summed E-state index contributed by atoms with van der Waals surface area (Å²) in [7, 11) is 0. The molecule has 0 unspecified atom stereocenters. The van der Waals surface area contributed by atoms with Crippen LogP contribution >= 0.6 is 95.6 Å². The molecule has 0 heterocycles. The maximum absolute atomic E-state index is 14.1. The van der Waals surface area contributed by atoms with Gasteiger partial charge in [-0.15, -0.1) is 0 Å². The number of alkyl halides is 6. The average Bonchev–Trinajstić information content (AvgIpc) is 3.43. The summed E-state index contributed by atoms with van der Waals surface area (Å²) in [5, 5.41) is 0. The first-order valence-corrected chi connectivity index (χ1v) is 30.5. The van der Waals surface area contributed by atoms with Crippen LogP contribution in [-0.2, 0) is 77.0 Å². The van der Waals surface area contributed by atoms with Crippen LogP contribution in [-0.4, -0.2) is 119 Å². The summed E-state index contributed by atoms with van der Waals surface area (Å²) >= 11 is 19.6. The van der Waals surface area contributed by atoms with Crippen molar-refractivity contribution in [3.63, 3.8) is 0 Å². The number of esters is 9. The smallest absolute Gasteiger partial charge is 0.324 e. The minimum Gasteiger partial charge on any atom is -0.463 e. The van der Waals surface area contributed by atoms with E-state index in [9.17, 15) is 43.2 Å². The number of hydrogen-bond acceptors (Lipinski definition) is 18. The van der Waals surface area contributed by atoms with E-state index in [1.54, 1.807) is 156 Å². The maximum atomic E-state index is 14.1. The second kappa shape index (κ2) is 28.1. The minimum atomic E-state index is -1.67. The van der Waals surface area contributed by atoms with Crippen LogP contribution in [0.15, 0.2) is 72.8 Å². The van der Waals surface area contributed by atoms with Crippen LogP contribution in [0.25, 0.3) is 0 Å². The van der Waals surface area contributed by atoms with Crippen LogP contribution in [0.3, 0.4) is 0 Å². The summed E-state index contributed by atoms with van der Waals surface area (Å²) in [6.45, 7) is 22.1. The van der Waals surface area contributed by atoms with Gasteiger partial charge in [0.25, 0.3) is 0 Å². The topological polar surface area (TPSA) is 237 Å². The van der Waals surface area contributed by atoms with Gasteiger partial charge in [-0.05, 0) is 164 Å². The van der Waals surface area contributed by atoms with Crippen LogP contribution in [0.2, 0.25) is 0 Å². The minimum absolute atomic E-state index is 0.0775. The van der Waals surface area contributed by atoms with Gasteiger partial charge in [-0.2, -0.15) is 0 Å². The standard InChI is InChI=1S/C59H72Br6O18/c1-50(2,60)41(66)75-29-56(13,30-76-42(67)51(3,4)61)47(72)81-38-23-17-35(18-24-38)59(16,36-19-25-39(26-20-36)82-48(73)57(14,31-77-43(68)52(5,6)62)32-78-44(69)53(7,8)63)37-21-27-40(28-22-37)83-49(74)58(15,33-79-45(70)54(9,10)64)34-80-46(71)55(11,12)65/h17-28H,29-34H2,1-16H3. The van der Waals surface area contributed by atoms with E-state index in [0.717, 1.165) is 0 Å². The predicted octanol–water partition coefficient (Wildman–Crippen LogP) is 12.1. The summed E-state index contributed by atoms with van der Waals surface area (Å²) in [6, 6.07) is 19.5. The molecule has 0 fully saturated rings. The summed E-state index contributed by atoms with van der Waals surface area (Å²) in [4.78, 5) is 119. The predicted molar refractivity (Wildman–Crippen MR) is 330 cm³/mol.